The van der Waals surface area contributed by atoms with E-state index in [1.165, 1.54) is 0 Å². The molecule has 2 unspecified atom stereocenters. The molecule has 0 aliphatic carbocycles. The van der Waals surface area contributed by atoms with Crippen molar-refractivity contribution in [3.63, 3.8) is 0 Å². The van der Waals surface area contributed by atoms with Gasteiger partial charge in [-0.15, -0.1) is 11.6 Å². The summed E-state index contributed by atoms with van der Waals surface area (Å²) >= 11 is 5.58. The van der Waals surface area contributed by atoms with Crippen molar-refractivity contribution in [2.24, 2.45) is 5.73 Å². The first-order chi connectivity index (χ1) is 3.66. The molecule has 0 aliphatic heterocycles. The molecule has 50 valence electrons. The predicted octanol–water partition coefficient (Wildman–Crippen LogP) is -2.96. The Kier molecular flexibility index (Phi) is 10.4. The largest absolute Gasteiger partial charge is 1.00 e. The molecule has 0 spiro atoms. The minimum absolute atomic E-state index is 0. The molecule has 0 saturated heterocycles. The molecule has 0 aromatic heterocycles. The van der Waals surface area contributed by atoms with E-state index in [0.717, 1.165) is 6.42 Å². The average molecular weight is 160 g/mol. The van der Waals surface area contributed by atoms with Gasteiger partial charge in [0.25, 0.3) is 0 Å². The second kappa shape index (κ2) is 7.32. The van der Waals surface area contributed by atoms with Gasteiger partial charge in [-0.05, 0) is 12.8 Å². The molecule has 0 fully saturated rings. The molecule has 9 heavy (non-hydrogen) atoms. The van der Waals surface area contributed by atoms with Crippen molar-refractivity contribution in [1.82, 2.24) is 0 Å². The summed E-state index contributed by atoms with van der Waals surface area (Å²) in [5.41, 5.74) is 4.93. The molecule has 2 nitrogen and oxygen atoms in total. The SMILES string of the molecule is CCC(Cl)CC(N)[O-].[Na+]. The van der Waals surface area contributed by atoms with E-state index in [1.54, 1.807) is 0 Å². The number of nitrogens with two attached hydrogens (primary N) is 1. The number of alkyl halides is 1. The monoisotopic (exact) mass is 159 g/mol. The predicted molar refractivity (Wildman–Crippen MR) is 32.5 cm³/mol. The second-order valence-electron chi connectivity index (χ2n) is 1.78. The quantitative estimate of drug-likeness (QED) is 0.272. The van der Waals surface area contributed by atoms with Crippen molar-refractivity contribution in [2.45, 2.75) is 31.4 Å². The summed E-state index contributed by atoms with van der Waals surface area (Å²) in [5.74, 6) is 0. The Morgan fingerprint density at radius 2 is 2.11 bits per heavy atom. The van der Waals surface area contributed by atoms with Gasteiger partial charge in [0.2, 0.25) is 0 Å². The van der Waals surface area contributed by atoms with Crippen LogP contribution in [-0.2, 0) is 0 Å². The third kappa shape index (κ3) is 9.21. The van der Waals surface area contributed by atoms with E-state index < -0.39 is 6.23 Å². The fourth-order valence-electron chi connectivity index (χ4n) is 0.419. The van der Waals surface area contributed by atoms with Crippen LogP contribution in [0.5, 0.6) is 0 Å². The van der Waals surface area contributed by atoms with Crippen LogP contribution in [0.3, 0.4) is 0 Å². The van der Waals surface area contributed by atoms with Crippen LogP contribution in [0.25, 0.3) is 0 Å². The summed E-state index contributed by atoms with van der Waals surface area (Å²) in [6, 6.07) is 0. The minimum Gasteiger partial charge on any atom is -0.841 e. The first-order valence-corrected chi connectivity index (χ1v) is 3.16. The van der Waals surface area contributed by atoms with Gasteiger partial charge in [-0.1, -0.05) is 13.2 Å². The number of hydrogen-bond acceptors (Lipinski definition) is 2. The Balaban J connectivity index is 0. The molecule has 0 amide bonds. The van der Waals surface area contributed by atoms with Crippen molar-refractivity contribution < 1.29 is 34.7 Å². The average Bonchev–Trinajstić information content (AvgIpc) is 1.65. The van der Waals surface area contributed by atoms with E-state index in [0.29, 0.717) is 6.42 Å². The molecule has 0 saturated carbocycles. The Morgan fingerprint density at radius 3 is 2.22 bits per heavy atom. The molecule has 2 atom stereocenters. The van der Waals surface area contributed by atoms with Crippen molar-refractivity contribution in [3.8, 4) is 0 Å². The zero-order chi connectivity index (χ0) is 6.57. The first-order valence-electron chi connectivity index (χ1n) is 2.72. The van der Waals surface area contributed by atoms with Gasteiger partial charge in [0.1, 0.15) is 0 Å². The minimum atomic E-state index is -1.00. The van der Waals surface area contributed by atoms with E-state index in [1.807, 2.05) is 6.92 Å². The fraction of sp³-hybridized carbons (Fsp3) is 1.00. The number of rotatable bonds is 3. The number of hydrogen-bond donors (Lipinski definition) is 1. The summed E-state index contributed by atoms with van der Waals surface area (Å²) in [5, 5.41) is 10.2. The molecule has 2 N–H and O–H groups in total. The summed E-state index contributed by atoms with van der Waals surface area (Å²) < 4.78 is 0. The van der Waals surface area contributed by atoms with Gasteiger partial charge in [0.15, 0.2) is 0 Å². The van der Waals surface area contributed by atoms with E-state index in [9.17, 15) is 5.11 Å². The van der Waals surface area contributed by atoms with Crippen LogP contribution in [0, 0.1) is 0 Å². The van der Waals surface area contributed by atoms with Gasteiger partial charge >= 0.3 is 29.6 Å². The summed E-state index contributed by atoms with van der Waals surface area (Å²) in [6.45, 7) is 1.93. The third-order valence-electron chi connectivity index (χ3n) is 0.931. The molecule has 0 radical (unpaired) electrons. The molecular weight excluding hydrogens is 149 g/mol. The molecule has 0 aromatic rings. The molecule has 0 aromatic carbocycles. The van der Waals surface area contributed by atoms with Crippen LogP contribution in [-0.4, -0.2) is 11.6 Å². The second-order valence-corrected chi connectivity index (χ2v) is 2.40. The number of halogens is 1. The zero-order valence-electron chi connectivity index (χ0n) is 5.93. The molecular formula is C5H11ClNNaO. The summed E-state index contributed by atoms with van der Waals surface area (Å²) in [7, 11) is 0. The van der Waals surface area contributed by atoms with E-state index in [4.69, 9.17) is 17.3 Å². The molecule has 4 heteroatoms. The van der Waals surface area contributed by atoms with Gasteiger partial charge in [0.05, 0.1) is 0 Å². The Morgan fingerprint density at radius 1 is 1.67 bits per heavy atom. The van der Waals surface area contributed by atoms with Crippen molar-refractivity contribution in [2.75, 3.05) is 0 Å². The van der Waals surface area contributed by atoms with Crippen molar-refractivity contribution in [1.29, 1.82) is 0 Å². The van der Waals surface area contributed by atoms with Gasteiger partial charge < -0.3 is 10.8 Å². The topological polar surface area (TPSA) is 49.1 Å². The van der Waals surface area contributed by atoms with Crippen LogP contribution >= 0.6 is 11.6 Å². The third-order valence-corrected chi connectivity index (χ3v) is 1.42. The Hall–Kier alpha value is 1.21. The molecule has 0 aliphatic rings. The van der Waals surface area contributed by atoms with Crippen LogP contribution in [0.2, 0.25) is 0 Å². The Bertz CT molecular complexity index is 62.9. The van der Waals surface area contributed by atoms with E-state index in [-0.39, 0.29) is 34.9 Å². The standard InChI is InChI=1S/C5H11ClNO.Na/c1-2-4(6)3-5(7)8;/h4-5H,2-3,7H2,1H3;/q-1;+1. The Labute approximate surface area is 83.0 Å². The molecule has 0 bridgehead atoms. The van der Waals surface area contributed by atoms with Crippen molar-refractivity contribution >= 4 is 11.6 Å². The van der Waals surface area contributed by atoms with Crippen LogP contribution in [0.15, 0.2) is 0 Å². The normalized spacial score (nSPS) is 16.0. The molecule has 0 rings (SSSR count). The molecule has 0 heterocycles. The van der Waals surface area contributed by atoms with Crippen LogP contribution in [0.1, 0.15) is 19.8 Å². The van der Waals surface area contributed by atoms with Crippen LogP contribution < -0.4 is 40.4 Å². The maximum Gasteiger partial charge on any atom is 1.00 e. The van der Waals surface area contributed by atoms with Gasteiger partial charge in [-0.25, -0.2) is 0 Å². The maximum absolute atomic E-state index is 10.2. The first kappa shape index (κ1) is 12.8. The van der Waals surface area contributed by atoms with Crippen molar-refractivity contribution in [3.05, 3.63) is 0 Å². The fourth-order valence-corrected chi connectivity index (χ4v) is 0.594. The summed E-state index contributed by atoms with van der Waals surface area (Å²) in [4.78, 5) is 0. The van der Waals surface area contributed by atoms with Gasteiger partial charge in [-0.2, -0.15) is 0 Å². The smallest absolute Gasteiger partial charge is 0.841 e. The van der Waals surface area contributed by atoms with E-state index in [2.05, 4.69) is 0 Å². The van der Waals surface area contributed by atoms with Gasteiger partial charge in [-0.3, -0.25) is 0 Å². The van der Waals surface area contributed by atoms with E-state index >= 15 is 0 Å². The summed E-state index contributed by atoms with van der Waals surface area (Å²) in [6.07, 6.45) is 0.188. The maximum atomic E-state index is 10.2. The van der Waals surface area contributed by atoms with Crippen LogP contribution in [0.4, 0.5) is 0 Å². The zero-order valence-corrected chi connectivity index (χ0v) is 8.69. The van der Waals surface area contributed by atoms with Gasteiger partial charge in [0, 0.05) is 5.38 Å².